The average molecular weight is 323 g/mol. The molecular weight excluding hydrogens is 302 g/mol. The third-order valence-corrected chi connectivity index (χ3v) is 6.16. The van der Waals surface area contributed by atoms with E-state index in [1.165, 1.54) is 16.7 Å². The molecule has 0 aromatic rings. The normalized spacial score (nSPS) is 21.1. The van der Waals surface area contributed by atoms with Crippen LogP contribution < -0.4 is 0 Å². The van der Waals surface area contributed by atoms with Crippen LogP contribution in [0.4, 0.5) is 0 Å². The van der Waals surface area contributed by atoms with Crippen LogP contribution in [-0.4, -0.2) is 65.9 Å². The molecule has 0 radical (unpaired) electrons. The van der Waals surface area contributed by atoms with Gasteiger partial charge < -0.3 is 10.0 Å². The second-order valence-corrected chi connectivity index (χ2v) is 8.92. The fourth-order valence-corrected chi connectivity index (χ4v) is 5.58. The number of sulfone groups is 1. The molecular formula is C12H21NO5S2. The Balaban J connectivity index is 2.47. The van der Waals surface area contributed by atoms with Crippen molar-refractivity contribution in [3.05, 3.63) is 0 Å². The van der Waals surface area contributed by atoms with Crippen molar-refractivity contribution in [2.45, 2.75) is 25.5 Å². The summed E-state index contributed by atoms with van der Waals surface area (Å²) in [4.78, 5) is 24.1. The molecule has 1 unspecified atom stereocenters. The zero-order valence-corrected chi connectivity index (χ0v) is 13.4. The van der Waals surface area contributed by atoms with Gasteiger partial charge >= 0.3 is 5.97 Å². The lowest BCUT2D eigenvalue weighted by Crippen LogP contribution is -2.39. The van der Waals surface area contributed by atoms with E-state index in [1.54, 1.807) is 0 Å². The predicted molar refractivity (Wildman–Crippen MR) is 78.6 cm³/mol. The fourth-order valence-electron chi connectivity index (χ4n) is 2.03. The molecule has 20 heavy (non-hydrogen) atoms. The Morgan fingerprint density at radius 1 is 1.40 bits per heavy atom. The Morgan fingerprint density at radius 2 is 2.05 bits per heavy atom. The molecule has 1 atom stereocenters. The van der Waals surface area contributed by atoms with Crippen LogP contribution in [0, 0.1) is 5.92 Å². The smallest absolute Gasteiger partial charge is 0.323 e. The summed E-state index contributed by atoms with van der Waals surface area (Å²) in [5, 5.41) is 8.77. The molecule has 0 spiro atoms. The molecule has 1 rings (SSSR count). The van der Waals surface area contributed by atoms with Crippen molar-refractivity contribution in [1.29, 1.82) is 0 Å². The quantitative estimate of drug-likeness (QED) is 0.732. The number of aliphatic carboxylic acids is 1. The molecule has 1 aliphatic heterocycles. The van der Waals surface area contributed by atoms with E-state index < -0.39 is 15.8 Å². The number of rotatable bonds is 7. The first-order valence-corrected chi connectivity index (χ1v) is 9.38. The van der Waals surface area contributed by atoms with E-state index in [-0.39, 0.29) is 40.9 Å². The van der Waals surface area contributed by atoms with Gasteiger partial charge in [0.15, 0.2) is 9.84 Å². The van der Waals surface area contributed by atoms with E-state index in [0.717, 1.165) is 0 Å². The molecule has 6 nitrogen and oxygen atoms in total. The van der Waals surface area contributed by atoms with Gasteiger partial charge in [0.1, 0.15) is 6.54 Å². The summed E-state index contributed by atoms with van der Waals surface area (Å²) in [6.07, 6.45) is 0.573. The zero-order valence-electron chi connectivity index (χ0n) is 11.7. The van der Waals surface area contributed by atoms with Gasteiger partial charge in [-0.25, -0.2) is 8.42 Å². The minimum atomic E-state index is -2.94. The minimum absolute atomic E-state index is 0.0466. The summed E-state index contributed by atoms with van der Waals surface area (Å²) in [5.41, 5.74) is 0. The van der Waals surface area contributed by atoms with Crippen LogP contribution in [0.25, 0.3) is 0 Å². The first-order chi connectivity index (χ1) is 9.19. The van der Waals surface area contributed by atoms with Gasteiger partial charge in [-0.15, -0.1) is 11.8 Å². The molecule has 8 heteroatoms. The average Bonchev–Trinajstić information content (AvgIpc) is 2.64. The standard InChI is InChI=1S/C12H21NO5S2/c1-9(2)5-13(6-12(15)16)11(14)7-19-10-3-4-20(17,18)8-10/h9-10H,3-8H2,1-2H3,(H,15,16). The SMILES string of the molecule is CC(C)CN(CC(=O)O)C(=O)CSC1CCS(=O)(=O)C1. The molecule has 1 heterocycles. The van der Waals surface area contributed by atoms with E-state index in [0.29, 0.717) is 13.0 Å². The van der Waals surface area contributed by atoms with Gasteiger partial charge in [0.25, 0.3) is 0 Å². The number of carboxylic acids is 1. The van der Waals surface area contributed by atoms with Crippen molar-refractivity contribution in [3.8, 4) is 0 Å². The molecule has 1 aliphatic rings. The third-order valence-electron chi connectivity index (χ3n) is 2.90. The molecule has 1 N–H and O–H groups in total. The third kappa shape index (κ3) is 6.13. The van der Waals surface area contributed by atoms with E-state index in [1.807, 2.05) is 13.8 Å². The minimum Gasteiger partial charge on any atom is -0.480 e. The lowest BCUT2D eigenvalue weighted by atomic mass is 10.2. The highest BCUT2D eigenvalue weighted by Gasteiger charge is 2.29. The molecule has 0 bridgehead atoms. The van der Waals surface area contributed by atoms with Gasteiger partial charge in [-0.1, -0.05) is 13.8 Å². The molecule has 1 fully saturated rings. The van der Waals surface area contributed by atoms with Crippen molar-refractivity contribution in [1.82, 2.24) is 4.90 Å². The highest BCUT2D eigenvalue weighted by molar-refractivity contribution is 8.02. The Bertz CT molecular complexity index is 460. The predicted octanol–water partition coefficient (Wildman–Crippen LogP) is 0.476. The number of nitrogens with zero attached hydrogens (tertiary/aromatic N) is 1. The second-order valence-electron chi connectivity index (χ2n) is 5.40. The molecule has 0 aliphatic carbocycles. The number of carbonyl (C=O) groups is 2. The lowest BCUT2D eigenvalue weighted by Gasteiger charge is -2.23. The van der Waals surface area contributed by atoms with Crippen molar-refractivity contribution in [2.75, 3.05) is 30.3 Å². The summed E-state index contributed by atoms with van der Waals surface area (Å²) in [6, 6.07) is 0. The molecule has 0 saturated carbocycles. The highest BCUT2D eigenvalue weighted by Crippen LogP contribution is 2.24. The zero-order chi connectivity index (χ0) is 15.3. The van der Waals surface area contributed by atoms with Gasteiger partial charge in [0.2, 0.25) is 5.91 Å². The highest BCUT2D eigenvalue weighted by atomic mass is 32.2. The lowest BCUT2D eigenvalue weighted by molar-refractivity contribution is -0.143. The van der Waals surface area contributed by atoms with E-state index >= 15 is 0 Å². The van der Waals surface area contributed by atoms with Gasteiger partial charge in [-0.2, -0.15) is 0 Å². The summed E-state index contributed by atoms with van der Waals surface area (Å²) < 4.78 is 22.6. The van der Waals surface area contributed by atoms with Gasteiger partial charge in [-0.3, -0.25) is 9.59 Å². The summed E-state index contributed by atoms with van der Waals surface area (Å²) in [6.45, 7) is 3.92. The van der Waals surface area contributed by atoms with Gasteiger partial charge in [0.05, 0.1) is 17.3 Å². The number of carbonyl (C=O) groups excluding carboxylic acids is 1. The number of carboxylic acid groups (broad SMARTS) is 1. The molecule has 116 valence electrons. The van der Waals surface area contributed by atoms with Crippen molar-refractivity contribution in [3.63, 3.8) is 0 Å². The van der Waals surface area contributed by atoms with E-state index in [4.69, 9.17) is 5.11 Å². The summed E-state index contributed by atoms with van der Waals surface area (Å²) >= 11 is 1.31. The Kier molecular flexibility index (Phi) is 6.32. The Morgan fingerprint density at radius 3 is 2.50 bits per heavy atom. The van der Waals surface area contributed by atoms with Gasteiger partial charge in [-0.05, 0) is 12.3 Å². The van der Waals surface area contributed by atoms with Gasteiger partial charge in [0, 0.05) is 11.8 Å². The van der Waals surface area contributed by atoms with Crippen LogP contribution in [0.3, 0.4) is 0 Å². The second kappa shape index (κ2) is 7.31. The summed E-state index contributed by atoms with van der Waals surface area (Å²) in [5.74, 6) is -0.643. The van der Waals surface area contributed by atoms with Crippen LogP contribution in [0.1, 0.15) is 20.3 Å². The van der Waals surface area contributed by atoms with Crippen LogP contribution in [0.2, 0.25) is 0 Å². The molecule has 1 saturated heterocycles. The maximum Gasteiger partial charge on any atom is 0.323 e. The van der Waals surface area contributed by atoms with E-state index in [9.17, 15) is 18.0 Å². The van der Waals surface area contributed by atoms with Crippen molar-refractivity contribution in [2.24, 2.45) is 5.92 Å². The topological polar surface area (TPSA) is 91.8 Å². The largest absolute Gasteiger partial charge is 0.480 e. The van der Waals surface area contributed by atoms with Crippen LogP contribution in [0.5, 0.6) is 0 Å². The number of hydrogen-bond acceptors (Lipinski definition) is 5. The monoisotopic (exact) mass is 323 g/mol. The Labute approximate surface area is 123 Å². The first kappa shape index (κ1) is 17.3. The van der Waals surface area contributed by atoms with Crippen LogP contribution in [0.15, 0.2) is 0 Å². The fraction of sp³-hybridized carbons (Fsp3) is 0.833. The van der Waals surface area contributed by atoms with Crippen LogP contribution in [-0.2, 0) is 19.4 Å². The number of hydrogen-bond donors (Lipinski definition) is 1. The maximum atomic E-state index is 12.0. The molecule has 0 aromatic heterocycles. The molecule has 1 amide bonds. The van der Waals surface area contributed by atoms with Crippen molar-refractivity contribution >= 4 is 33.5 Å². The molecule has 0 aromatic carbocycles. The van der Waals surface area contributed by atoms with E-state index in [2.05, 4.69) is 0 Å². The van der Waals surface area contributed by atoms with Crippen molar-refractivity contribution < 1.29 is 23.1 Å². The summed E-state index contributed by atoms with van der Waals surface area (Å²) in [7, 11) is -2.94. The first-order valence-electron chi connectivity index (χ1n) is 6.51. The number of thioether (sulfide) groups is 1. The number of amides is 1. The Hall–Kier alpha value is -0.760. The van der Waals surface area contributed by atoms with Crippen LogP contribution >= 0.6 is 11.8 Å². The maximum absolute atomic E-state index is 12.0.